The number of hydrogen-bond donors (Lipinski definition) is 2. The number of carbonyl (C=O) groups excluding carboxylic acids is 1. The van der Waals surface area contributed by atoms with E-state index in [0.29, 0.717) is 55.5 Å². The fourth-order valence-electron chi connectivity index (χ4n) is 4.23. The molecule has 9 nitrogen and oxygen atoms in total. The van der Waals surface area contributed by atoms with Crippen LogP contribution in [0.2, 0.25) is 0 Å². The standard InChI is InChI=1S/C26H34FN5O4/c1-15-13-20(28-6)31-24(29-15)30-18-14-19-23(35-12-11-34-19)21(22(18)27)17-8-7-16(2)32(10-9-17)25(33)36-26(3,4)5/h9,13-14,16H,7-8,10-12H2,1-6H3,(H2,28,29,30,31). The molecule has 0 aliphatic carbocycles. The summed E-state index contributed by atoms with van der Waals surface area (Å²) in [7, 11) is 1.76. The zero-order chi connectivity index (χ0) is 26.0. The Labute approximate surface area is 211 Å². The number of rotatable bonds is 4. The molecule has 0 radical (unpaired) electrons. The molecule has 0 saturated carbocycles. The van der Waals surface area contributed by atoms with Crippen LogP contribution in [-0.4, -0.2) is 59.4 Å². The molecule has 1 aromatic carbocycles. The van der Waals surface area contributed by atoms with Crippen LogP contribution in [0.4, 0.5) is 26.6 Å². The lowest BCUT2D eigenvalue weighted by Crippen LogP contribution is -2.41. The van der Waals surface area contributed by atoms with Gasteiger partial charge in [0, 0.05) is 37.5 Å². The van der Waals surface area contributed by atoms with E-state index in [1.54, 1.807) is 24.1 Å². The van der Waals surface area contributed by atoms with Gasteiger partial charge in [0.25, 0.3) is 0 Å². The van der Waals surface area contributed by atoms with E-state index >= 15 is 4.39 Å². The van der Waals surface area contributed by atoms with Crippen molar-refractivity contribution in [3.8, 4) is 11.5 Å². The minimum absolute atomic E-state index is 0.0772. The topological polar surface area (TPSA) is 97.8 Å². The Morgan fingerprint density at radius 1 is 1.22 bits per heavy atom. The molecule has 0 fully saturated rings. The molecule has 2 aliphatic heterocycles. The number of halogens is 1. The summed E-state index contributed by atoms with van der Waals surface area (Å²) in [6.07, 6.45) is 2.68. The maximum absolute atomic E-state index is 16.1. The summed E-state index contributed by atoms with van der Waals surface area (Å²) < 4.78 is 33.4. The van der Waals surface area contributed by atoms with Crippen molar-refractivity contribution in [3.63, 3.8) is 0 Å². The number of amides is 1. The number of nitrogens with zero attached hydrogens (tertiary/aromatic N) is 3. The van der Waals surface area contributed by atoms with Gasteiger partial charge in [-0.2, -0.15) is 4.98 Å². The Bertz CT molecular complexity index is 1180. The highest BCUT2D eigenvalue weighted by Gasteiger charge is 2.31. The molecule has 1 unspecified atom stereocenters. The van der Waals surface area contributed by atoms with Gasteiger partial charge in [0.1, 0.15) is 24.6 Å². The highest BCUT2D eigenvalue weighted by atomic mass is 19.1. The third-order valence-corrected chi connectivity index (χ3v) is 5.97. The van der Waals surface area contributed by atoms with Gasteiger partial charge in [-0.25, -0.2) is 14.2 Å². The SMILES string of the molecule is CNc1cc(C)nc(Nc2cc3c(c(C4=CCN(C(=O)OC(C)(C)C)C(C)CC4)c2F)OCCO3)n1. The monoisotopic (exact) mass is 499 g/mol. The van der Waals surface area contributed by atoms with Crippen LogP contribution >= 0.6 is 0 Å². The summed E-state index contributed by atoms with van der Waals surface area (Å²) in [5.41, 5.74) is 1.39. The van der Waals surface area contributed by atoms with Gasteiger partial charge in [0.05, 0.1) is 11.3 Å². The molecule has 2 N–H and O–H groups in total. The summed E-state index contributed by atoms with van der Waals surface area (Å²) in [6.45, 7) is 10.3. The lowest BCUT2D eigenvalue weighted by atomic mass is 9.97. The quantitative estimate of drug-likeness (QED) is 0.586. The molecule has 0 saturated heterocycles. The van der Waals surface area contributed by atoms with E-state index in [4.69, 9.17) is 14.2 Å². The number of anilines is 3. The van der Waals surface area contributed by atoms with Crippen LogP contribution in [0.1, 0.15) is 51.8 Å². The van der Waals surface area contributed by atoms with Crippen molar-refractivity contribution in [2.45, 2.75) is 59.1 Å². The van der Waals surface area contributed by atoms with Crippen molar-refractivity contribution in [3.05, 3.63) is 35.3 Å². The number of fused-ring (bicyclic) bond motifs is 1. The molecule has 4 rings (SSSR count). The van der Waals surface area contributed by atoms with Gasteiger partial charge in [0.2, 0.25) is 5.95 Å². The Kier molecular flexibility index (Phi) is 7.23. The molecule has 194 valence electrons. The van der Waals surface area contributed by atoms with Gasteiger partial charge in [-0.05, 0) is 53.0 Å². The minimum Gasteiger partial charge on any atom is -0.486 e. The lowest BCUT2D eigenvalue weighted by molar-refractivity contribution is 0.0201. The molecule has 10 heteroatoms. The summed E-state index contributed by atoms with van der Waals surface area (Å²) >= 11 is 0. The van der Waals surface area contributed by atoms with E-state index in [0.717, 1.165) is 11.3 Å². The number of aromatic nitrogens is 2. The number of aryl methyl sites for hydroxylation is 1. The molecular weight excluding hydrogens is 465 g/mol. The number of benzene rings is 1. The van der Waals surface area contributed by atoms with Crippen LogP contribution in [-0.2, 0) is 4.74 Å². The predicted molar refractivity (Wildman–Crippen MR) is 137 cm³/mol. The molecule has 1 amide bonds. The second-order valence-corrected chi connectivity index (χ2v) is 9.98. The largest absolute Gasteiger partial charge is 0.486 e. The maximum Gasteiger partial charge on any atom is 0.410 e. The van der Waals surface area contributed by atoms with Crippen molar-refractivity contribution < 1.29 is 23.4 Å². The third kappa shape index (κ3) is 5.63. The molecule has 1 aromatic heterocycles. The van der Waals surface area contributed by atoms with E-state index in [-0.39, 0.29) is 23.8 Å². The molecule has 2 aliphatic rings. The number of nitrogens with one attached hydrogen (secondary N) is 2. The Morgan fingerprint density at radius 3 is 2.69 bits per heavy atom. The average molecular weight is 500 g/mol. The molecule has 3 heterocycles. The first-order valence-electron chi connectivity index (χ1n) is 12.2. The zero-order valence-corrected chi connectivity index (χ0v) is 21.7. The van der Waals surface area contributed by atoms with E-state index in [1.807, 2.05) is 40.7 Å². The van der Waals surface area contributed by atoms with Gasteiger partial charge < -0.3 is 29.7 Å². The normalized spacial score (nSPS) is 17.7. The van der Waals surface area contributed by atoms with Crippen LogP contribution in [0.3, 0.4) is 0 Å². The molecule has 2 aromatic rings. The van der Waals surface area contributed by atoms with E-state index in [2.05, 4.69) is 20.6 Å². The second kappa shape index (κ2) is 10.2. The molecule has 0 bridgehead atoms. The second-order valence-electron chi connectivity index (χ2n) is 9.98. The molecule has 0 spiro atoms. The fourth-order valence-corrected chi connectivity index (χ4v) is 4.23. The summed E-state index contributed by atoms with van der Waals surface area (Å²) in [4.78, 5) is 23.2. The summed E-state index contributed by atoms with van der Waals surface area (Å²) in [5.74, 6) is 1.21. The van der Waals surface area contributed by atoms with Crippen LogP contribution in [0.25, 0.3) is 5.57 Å². The Hall–Kier alpha value is -3.56. The first kappa shape index (κ1) is 25.5. The van der Waals surface area contributed by atoms with E-state index < -0.39 is 11.4 Å². The van der Waals surface area contributed by atoms with Gasteiger partial charge >= 0.3 is 6.09 Å². The van der Waals surface area contributed by atoms with Crippen molar-refractivity contribution in [1.29, 1.82) is 0 Å². The molecule has 1 atom stereocenters. The number of carbonyl (C=O) groups is 1. The van der Waals surface area contributed by atoms with Crippen LogP contribution < -0.4 is 20.1 Å². The van der Waals surface area contributed by atoms with E-state index in [9.17, 15) is 4.79 Å². The molecular formula is C26H34FN5O4. The zero-order valence-electron chi connectivity index (χ0n) is 21.7. The van der Waals surface area contributed by atoms with Crippen LogP contribution in [0, 0.1) is 12.7 Å². The first-order chi connectivity index (χ1) is 17.1. The fraction of sp³-hybridized carbons (Fsp3) is 0.500. The number of allylic oxidation sites excluding steroid dienone is 1. The smallest absolute Gasteiger partial charge is 0.410 e. The van der Waals surface area contributed by atoms with E-state index in [1.165, 1.54) is 0 Å². The van der Waals surface area contributed by atoms with Crippen LogP contribution in [0.5, 0.6) is 11.5 Å². The Morgan fingerprint density at radius 2 is 1.97 bits per heavy atom. The predicted octanol–water partition coefficient (Wildman–Crippen LogP) is 5.28. The van der Waals surface area contributed by atoms with Gasteiger partial charge in [-0.3, -0.25) is 0 Å². The van der Waals surface area contributed by atoms with Crippen molar-refractivity contribution in [2.24, 2.45) is 0 Å². The van der Waals surface area contributed by atoms with Gasteiger partial charge in [-0.1, -0.05) is 6.08 Å². The number of hydrogen-bond acceptors (Lipinski definition) is 8. The summed E-state index contributed by atoms with van der Waals surface area (Å²) in [6, 6.07) is 3.29. The van der Waals surface area contributed by atoms with Gasteiger partial charge in [0.15, 0.2) is 17.3 Å². The highest BCUT2D eigenvalue weighted by Crippen LogP contribution is 2.45. The van der Waals surface area contributed by atoms with Crippen LogP contribution in [0.15, 0.2) is 18.2 Å². The third-order valence-electron chi connectivity index (χ3n) is 5.97. The van der Waals surface area contributed by atoms with Crippen molar-refractivity contribution >= 4 is 29.1 Å². The average Bonchev–Trinajstić information content (AvgIpc) is 2.99. The van der Waals surface area contributed by atoms with Crippen molar-refractivity contribution in [1.82, 2.24) is 14.9 Å². The summed E-state index contributed by atoms with van der Waals surface area (Å²) in [5, 5.41) is 5.99. The first-order valence-corrected chi connectivity index (χ1v) is 12.2. The highest BCUT2D eigenvalue weighted by molar-refractivity contribution is 5.80. The van der Waals surface area contributed by atoms with Gasteiger partial charge in [-0.15, -0.1) is 0 Å². The maximum atomic E-state index is 16.1. The van der Waals surface area contributed by atoms with Crippen molar-refractivity contribution in [2.75, 3.05) is 37.4 Å². The lowest BCUT2D eigenvalue weighted by Gasteiger charge is -2.30. The number of ether oxygens (including phenoxy) is 3. The Balaban J connectivity index is 1.71. The minimum atomic E-state index is -0.600. The molecule has 36 heavy (non-hydrogen) atoms.